The van der Waals surface area contributed by atoms with Crippen molar-refractivity contribution < 1.29 is 42.9 Å². The standard InChI is InChI=1S/C17H24O9S/c1-6-7-27-17-16(25-12(5)21)15(24-11(4)20)14(23-10(3)19)13(26-17)8-22-9(2)18/h6,13-17H,1,7-8H2,2-5H3/t13?,14-,15?,16?,17+/m1/s1. The third kappa shape index (κ3) is 7.59. The predicted octanol–water partition coefficient (Wildman–Crippen LogP) is 0.989. The Morgan fingerprint density at radius 1 is 0.889 bits per heavy atom. The van der Waals surface area contributed by atoms with E-state index in [4.69, 9.17) is 23.7 Å². The van der Waals surface area contributed by atoms with Gasteiger partial charge in [0.05, 0.1) is 0 Å². The molecule has 1 rings (SSSR count). The second kappa shape index (κ2) is 10.9. The number of esters is 4. The van der Waals surface area contributed by atoms with Crippen LogP contribution in [0.1, 0.15) is 27.7 Å². The zero-order valence-corrected chi connectivity index (χ0v) is 16.5. The van der Waals surface area contributed by atoms with Crippen LogP contribution in [0.4, 0.5) is 0 Å². The van der Waals surface area contributed by atoms with Gasteiger partial charge < -0.3 is 23.7 Å². The first kappa shape index (κ1) is 23.0. The molecule has 1 saturated heterocycles. The maximum atomic E-state index is 11.6. The molecule has 0 aromatic rings. The summed E-state index contributed by atoms with van der Waals surface area (Å²) in [4.78, 5) is 45.9. The SMILES string of the molecule is C=CCS[C@@H]1OC(COC(C)=O)[C@@H](OC(C)=O)C(OC(C)=O)C1OC(C)=O. The zero-order chi connectivity index (χ0) is 20.6. The minimum absolute atomic E-state index is 0.233. The van der Waals surface area contributed by atoms with Crippen LogP contribution >= 0.6 is 11.8 Å². The smallest absolute Gasteiger partial charge is 0.303 e. The quantitative estimate of drug-likeness (QED) is 0.329. The molecule has 1 fully saturated rings. The Labute approximate surface area is 161 Å². The van der Waals surface area contributed by atoms with E-state index in [1.165, 1.54) is 39.5 Å². The first-order chi connectivity index (χ1) is 12.6. The molecule has 9 nitrogen and oxygen atoms in total. The molecule has 0 aromatic heterocycles. The fourth-order valence-electron chi connectivity index (χ4n) is 2.49. The molecule has 0 bridgehead atoms. The first-order valence-electron chi connectivity index (χ1n) is 8.18. The van der Waals surface area contributed by atoms with Crippen LogP contribution in [0, 0.1) is 0 Å². The average molecular weight is 404 g/mol. The Balaban J connectivity index is 3.24. The highest BCUT2D eigenvalue weighted by Crippen LogP contribution is 2.34. The van der Waals surface area contributed by atoms with Gasteiger partial charge in [-0.3, -0.25) is 19.2 Å². The van der Waals surface area contributed by atoms with E-state index < -0.39 is 53.7 Å². The van der Waals surface area contributed by atoms with E-state index in [1.54, 1.807) is 6.08 Å². The number of hydrogen-bond acceptors (Lipinski definition) is 10. The number of thioether (sulfide) groups is 1. The van der Waals surface area contributed by atoms with Crippen LogP contribution in [0.15, 0.2) is 12.7 Å². The van der Waals surface area contributed by atoms with Crippen LogP contribution in [0.25, 0.3) is 0 Å². The maximum absolute atomic E-state index is 11.6. The van der Waals surface area contributed by atoms with Crippen molar-refractivity contribution in [1.82, 2.24) is 0 Å². The molecule has 0 spiro atoms. The van der Waals surface area contributed by atoms with E-state index in [-0.39, 0.29) is 6.61 Å². The lowest BCUT2D eigenvalue weighted by Crippen LogP contribution is -2.61. The Hall–Kier alpha value is -2.07. The van der Waals surface area contributed by atoms with Crippen LogP contribution in [0.3, 0.4) is 0 Å². The van der Waals surface area contributed by atoms with Crippen LogP contribution in [-0.4, -0.2) is 66.1 Å². The Kier molecular flexibility index (Phi) is 9.30. The third-order valence-corrected chi connectivity index (χ3v) is 4.46. The van der Waals surface area contributed by atoms with Gasteiger partial charge in [-0.05, 0) is 0 Å². The Bertz CT molecular complexity index is 577. The number of rotatable bonds is 8. The van der Waals surface area contributed by atoms with E-state index in [1.807, 2.05) is 0 Å². The molecule has 0 saturated carbocycles. The summed E-state index contributed by atoms with van der Waals surface area (Å²) in [5.41, 5.74) is -0.761. The normalized spacial score (nSPS) is 27.2. The highest BCUT2D eigenvalue weighted by Gasteiger charge is 2.52. The lowest BCUT2D eigenvalue weighted by molar-refractivity contribution is -0.237. The summed E-state index contributed by atoms with van der Waals surface area (Å²) in [6.45, 7) is 8.16. The molecule has 1 aliphatic rings. The Morgan fingerprint density at radius 2 is 1.41 bits per heavy atom. The Morgan fingerprint density at radius 3 is 1.89 bits per heavy atom. The third-order valence-electron chi connectivity index (χ3n) is 3.33. The number of ether oxygens (including phenoxy) is 5. The zero-order valence-electron chi connectivity index (χ0n) is 15.7. The summed E-state index contributed by atoms with van der Waals surface area (Å²) < 4.78 is 26.7. The summed E-state index contributed by atoms with van der Waals surface area (Å²) in [5.74, 6) is -2.04. The van der Waals surface area contributed by atoms with E-state index in [9.17, 15) is 19.2 Å². The van der Waals surface area contributed by atoms with Crippen molar-refractivity contribution >= 4 is 35.6 Å². The molecule has 1 heterocycles. The molecule has 0 N–H and O–H groups in total. The summed E-state index contributed by atoms with van der Waals surface area (Å²) in [7, 11) is 0. The van der Waals surface area contributed by atoms with Crippen molar-refractivity contribution in [2.24, 2.45) is 0 Å². The van der Waals surface area contributed by atoms with Gasteiger partial charge in [0.25, 0.3) is 0 Å². The second-order valence-corrected chi connectivity index (χ2v) is 6.82. The van der Waals surface area contributed by atoms with E-state index >= 15 is 0 Å². The molecule has 0 amide bonds. The van der Waals surface area contributed by atoms with Crippen LogP contribution in [-0.2, 0) is 42.9 Å². The number of carbonyl (C=O) groups is 4. The summed E-state index contributed by atoms with van der Waals surface area (Å²) in [6, 6.07) is 0. The topological polar surface area (TPSA) is 114 Å². The van der Waals surface area contributed by atoms with Gasteiger partial charge in [0.15, 0.2) is 18.3 Å². The largest absolute Gasteiger partial charge is 0.463 e. The predicted molar refractivity (Wildman–Crippen MR) is 94.6 cm³/mol. The first-order valence-corrected chi connectivity index (χ1v) is 9.23. The lowest BCUT2D eigenvalue weighted by atomic mass is 9.99. The maximum Gasteiger partial charge on any atom is 0.303 e. The van der Waals surface area contributed by atoms with E-state index in [0.717, 1.165) is 0 Å². The molecule has 27 heavy (non-hydrogen) atoms. The van der Waals surface area contributed by atoms with Crippen molar-refractivity contribution in [3.8, 4) is 0 Å². The summed E-state index contributed by atoms with van der Waals surface area (Å²) in [5, 5.41) is 0. The van der Waals surface area contributed by atoms with Crippen molar-refractivity contribution in [3.63, 3.8) is 0 Å². The minimum Gasteiger partial charge on any atom is -0.463 e. The number of carbonyl (C=O) groups excluding carboxylic acids is 4. The van der Waals surface area contributed by atoms with Crippen LogP contribution in [0.5, 0.6) is 0 Å². The number of hydrogen-bond donors (Lipinski definition) is 0. The molecular weight excluding hydrogens is 380 g/mol. The average Bonchev–Trinajstić information content (AvgIpc) is 2.54. The molecular formula is C17H24O9S. The van der Waals surface area contributed by atoms with Crippen molar-refractivity contribution in [2.45, 2.75) is 57.5 Å². The monoisotopic (exact) mass is 404 g/mol. The van der Waals surface area contributed by atoms with Crippen molar-refractivity contribution in [2.75, 3.05) is 12.4 Å². The van der Waals surface area contributed by atoms with Gasteiger partial charge in [0.1, 0.15) is 18.1 Å². The van der Waals surface area contributed by atoms with Crippen LogP contribution < -0.4 is 0 Å². The lowest BCUT2D eigenvalue weighted by Gasteiger charge is -2.44. The van der Waals surface area contributed by atoms with Gasteiger partial charge in [0.2, 0.25) is 0 Å². The molecule has 1 aliphatic heterocycles. The van der Waals surface area contributed by atoms with E-state index in [2.05, 4.69) is 6.58 Å². The molecule has 10 heteroatoms. The molecule has 152 valence electrons. The van der Waals surface area contributed by atoms with Gasteiger partial charge in [-0.25, -0.2) is 0 Å². The van der Waals surface area contributed by atoms with Gasteiger partial charge >= 0.3 is 23.9 Å². The highest BCUT2D eigenvalue weighted by molar-refractivity contribution is 7.99. The van der Waals surface area contributed by atoms with Crippen molar-refractivity contribution in [3.05, 3.63) is 12.7 Å². The fraction of sp³-hybridized carbons (Fsp3) is 0.647. The molecule has 0 radical (unpaired) electrons. The van der Waals surface area contributed by atoms with Gasteiger partial charge in [-0.1, -0.05) is 6.08 Å². The fourth-order valence-corrected chi connectivity index (χ4v) is 3.43. The molecule has 0 aromatic carbocycles. The van der Waals surface area contributed by atoms with Gasteiger partial charge in [-0.2, -0.15) is 0 Å². The summed E-state index contributed by atoms with van der Waals surface area (Å²) >= 11 is 1.25. The summed E-state index contributed by atoms with van der Waals surface area (Å²) in [6.07, 6.45) is -2.59. The van der Waals surface area contributed by atoms with Gasteiger partial charge in [-0.15, -0.1) is 18.3 Å². The second-order valence-electron chi connectivity index (χ2n) is 5.69. The highest BCUT2D eigenvalue weighted by atomic mass is 32.2. The molecule has 5 atom stereocenters. The van der Waals surface area contributed by atoms with Gasteiger partial charge in [0, 0.05) is 33.4 Å². The van der Waals surface area contributed by atoms with Crippen LogP contribution in [0.2, 0.25) is 0 Å². The van der Waals surface area contributed by atoms with E-state index in [0.29, 0.717) is 5.75 Å². The van der Waals surface area contributed by atoms with Crippen molar-refractivity contribution in [1.29, 1.82) is 0 Å². The molecule has 0 aliphatic carbocycles. The minimum atomic E-state index is -1.13. The molecule has 3 unspecified atom stereocenters.